The summed E-state index contributed by atoms with van der Waals surface area (Å²) in [4.78, 5) is 0. The Bertz CT molecular complexity index is 305. The standard InChI is InChI=1S/C15H24O/c1-6-12(2)15(10-11-15)13(3)8-7-9-14(4)16-5/h7-9,12H,4,6,10-11H2,1-3,5H3/b9-7-,13-8+. The third-order valence-electron chi connectivity index (χ3n) is 4.02. The number of methoxy groups -OCH3 is 1. The molecule has 0 aliphatic heterocycles. The van der Waals surface area contributed by atoms with Gasteiger partial charge in [-0.25, -0.2) is 0 Å². The van der Waals surface area contributed by atoms with Crippen LogP contribution in [0.4, 0.5) is 0 Å². The predicted molar refractivity (Wildman–Crippen MR) is 70.2 cm³/mol. The van der Waals surface area contributed by atoms with Gasteiger partial charge in [-0.05, 0) is 37.2 Å². The molecule has 1 saturated carbocycles. The van der Waals surface area contributed by atoms with E-state index in [1.54, 1.807) is 7.11 Å². The second kappa shape index (κ2) is 5.38. The van der Waals surface area contributed by atoms with Gasteiger partial charge < -0.3 is 4.74 Å². The highest BCUT2D eigenvalue weighted by atomic mass is 16.5. The Morgan fingerprint density at radius 3 is 2.56 bits per heavy atom. The van der Waals surface area contributed by atoms with Gasteiger partial charge in [-0.3, -0.25) is 0 Å². The molecule has 90 valence electrons. The SMILES string of the molecule is C=C(/C=C\C=C(/C)C1(C(C)CC)CC1)OC. The fourth-order valence-corrected chi connectivity index (χ4v) is 2.33. The Labute approximate surface area is 99.9 Å². The van der Waals surface area contributed by atoms with Crippen LogP contribution in [0.5, 0.6) is 0 Å². The molecular weight excluding hydrogens is 196 g/mol. The summed E-state index contributed by atoms with van der Waals surface area (Å²) in [5, 5.41) is 0. The maximum absolute atomic E-state index is 4.99. The molecule has 1 fully saturated rings. The van der Waals surface area contributed by atoms with E-state index in [4.69, 9.17) is 4.74 Å². The molecule has 1 atom stereocenters. The first-order valence-electron chi connectivity index (χ1n) is 6.15. The number of hydrogen-bond acceptors (Lipinski definition) is 1. The smallest absolute Gasteiger partial charge is 0.111 e. The van der Waals surface area contributed by atoms with Crippen LogP contribution in [0, 0.1) is 11.3 Å². The summed E-state index contributed by atoms with van der Waals surface area (Å²) in [7, 11) is 1.64. The van der Waals surface area contributed by atoms with Crippen molar-refractivity contribution in [2.24, 2.45) is 11.3 Å². The minimum Gasteiger partial charge on any atom is -0.497 e. The van der Waals surface area contributed by atoms with Crippen LogP contribution in [0.25, 0.3) is 0 Å². The van der Waals surface area contributed by atoms with Crippen LogP contribution >= 0.6 is 0 Å². The van der Waals surface area contributed by atoms with E-state index in [1.165, 1.54) is 24.8 Å². The third-order valence-corrected chi connectivity index (χ3v) is 4.02. The maximum atomic E-state index is 4.99. The molecule has 16 heavy (non-hydrogen) atoms. The molecule has 1 heteroatoms. The van der Waals surface area contributed by atoms with Gasteiger partial charge in [0.2, 0.25) is 0 Å². The molecule has 1 rings (SSSR count). The summed E-state index contributed by atoms with van der Waals surface area (Å²) in [5.41, 5.74) is 2.00. The molecule has 1 nitrogen and oxygen atoms in total. The minimum atomic E-state index is 0.494. The van der Waals surface area contributed by atoms with Gasteiger partial charge in [0.1, 0.15) is 5.76 Å². The van der Waals surface area contributed by atoms with Crippen molar-refractivity contribution in [3.8, 4) is 0 Å². The summed E-state index contributed by atoms with van der Waals surface area (Å²) in [6.07, 6.45) is 10.1. The predicted octanol–water partition coefficient (Wildman–Crippen LogP) is 4.48. The molecule has 0 spiro atoms. The topological polar surface area (TPSA) is 9.23 Å². The first kappa shape index (κ1) is 13.1. The zero-order chi connectivity index (χ0) is 12.2. The lowest BCUT2D eigenvalue weighted by Gasteiger charge is -2.23. The highest BCUT2D eigenvalue weighted by Crippen LogP contribution is 2.58. The maximum Gasteiger partial charge on any atom is 0.111 e. The van der Waals surface area contributed by atoms with Crippen LogP contribution in [-0.2, 0) is 4.74 Å². The Morgan fingerprint density at radius 1 is 1.50 bits per heavy atom. The van der Waals surface area contributed by atoms with Crippen LogP contribution in [0.2, 0.25) is 0 Å². The van der Waals surface area contributed by atoms with Crippen LogP contribution in [0.3, 0.4) is 0 Å². The summed E-state index contributed by atoms with van der Waals surface area (Å²) in [5.74, 6) is 1.50. The van der Waals surface area contributed by atoms with E-state index in [-0.39, 0.29) is 0 Å². The van der Waals surface area contributed by atoms with Gasteiger partial charge in [-0.2, -0.15) is 0 Å². The van der Waals surface area contributed by atoms with Crippen molar-refractivity contribution in [3.05, 3.63) is 36.1 Å². The Morgan fingerprint density at radius 2 is 2.12 bits per heavy atom. The van der Waals surface area contributed by atoms with Crippen molar-refractivity contribution in [1.29, 1.82) is 0 Å². The molecule has 0 aromatic carbocycles. The summed E-state index contributed by atoms with van der Waals surface area (Å²) < 4.78 is 4.99. The molecular formula is C15H24O. The van der Waals surface area contributed by atoms with Gasteiger partial charge >= 0.3 is 0 Å². The van der Waals surface area contributed by atoms with E-state index in [0.29, 0.717) is 11.2 Å². The van der Waals surface area contributed by atoms with E-state index in [1.807, 2.05) is 12.2 Å². The average molecular weight is 220 g/mol. The molecule has 0 aromatic heterocycles. The lowest BCUT2D eigenvalue weighted by atomic mass is 9.82. The summed E-state index contributed by atoms with van der Waals surface area (Å²) in [6, 6.07) is 0. The van der Waals surface area contributed by atoms with E-state index in [9.17, 15) is 0 Å². The Balaban J connectivity index is 2.64. The molecule has 1 aliphatic rings. The largest absolute Gasteiger partial charge is 0.497 e. The Hall–Kier alpha value is -0.980. The summed E-state index contributed by atoms with van der Waals surface area (Å²) in [6.45, 7) is 10.7. The molecule has 1 aliphatic carbocycles. The first-order valence-corrected chi connectivity index (χ1v) is 6.15. The molecule has 0 radical (unpaired) electrons. The van der Waals surface area contributed by atoms with Gasteiger partial charge in [-0.15, -0.1) is 0 Å². The van der Waals surface area contributed by atoms with Gasteiger partial charge in [0.05, 0.1) is 7.11 Å². The average Bonchev–Trinajstić information content (AvgIpc) is 3.08. The van der Waals surface area contributed by atoms with Gasteiger partial charge in [0.25, 0.3) is 0 Å². The highest BCUT2D eigenvalue weighted by molar-refractivity contribution is 5.27. The first-order chi connectivity index (χ1) is 7.56. The van der Waals surface area contributed by atoms with E-state index >= 15 is 0 Å². The summed E-state index contributed by atoms with van der Waals surface area (Å²) >= 11 is 0. The van der Waals surface area contributed by atoms with Crippen molar-refractivity contribution in [2.75, 3.05) is 7.11 Å². The van der Waals surface area contributed by atoms with Crippen LogP contribution in [-0.4, -0.2) is 7.11 Å². The second-order valence-electron chi connectivity index (χ2n) is 4.84. The highest BCUT2D eigenvalue weighted by Gasteiger charge is 2.47. The Kier molecular flexibility index (Phi) is 4.40. The number of ether oxygens (including phenoxy) is 1. The molecule has 0 heterocycles. The lowest BCUT2D eigenvalue weighted by Crippen LogP contribution is -2.13. The molecule has 0 N–H and O–H groups in total. The van der Waals surface area contributed by atoms with Crippen molar-refractivity contribution >= 4 is 0 Å². The number of allylic oxidation sites excluding steroid dienone is 4. The molecule has 0 bridgehead atoms. The van der Waals surface area contributed by atoms with Crippen LogP contribution < -0.4 is 0 Å². The quantitative estimate of drug-likeness (QED) is 0.474. The van der Waals surface area contributed by atoms with Crippen LogP contribution in [0.1, 0.15) is 40.0 Å². The van der Waals surface area contributed by atoms with E-state index < -0.39 is 0 Å². The van der Waals surface area contributed by atoms with E-state index in [0.717, 1.165) is 5.92 Å². The minimum absolute atomic E-state index is 0.494. The fourth-order valence-electron chi connectivity index (χ4n) is 2.33. The molecule has 0 aromatic rings. The molecule has 0 saturated heterocycles. The lowest BCUT2D eigenvalue weighted by molar-refractivity contribution is 0.309. The zero-order valence-electron chi connectivity index (χ0n) is 11.0. The van der Waals surface area contributed by atoms with Gasteiger partial charge in [-0.1, -0.05) is 44.6 Å². The second-order valence-corrected chi connectivity index (χ2v) is 4.84. The molecule has 1 unspecified atom stereocenters. The van der Waals surface area contributed by atoms with Gasteiger partial charge in [0, 0.05) is 0 Å². The van der Waals surface area contributed by atoms with Crippen molar-refractivity contribution in [1.82, 2.24) is 0 Å². The monoisotopic (exact) mass is 220 g/mol. The fraction of sp³-hybridized carbons (Fsp3) is 0.600. The molecule has 0 amide bonds. The third kappa shape index (κ3) is 2.78. The normalized spacial score (nSPS) is 20.9. The van der Waals surface area contributed by atoms with Gasteiger partial charge in [0.15, 0.2) is 0 Å². The van der Waals surface area contributed by atoms with Crippen molar-refractivity contribution in [2.45, 2.75) is 40.0 Å². The zero-order valence-corrected chi connectivity index (χ0v) is 11.0. The van der Waals surface area contributed by atoms with Crippen molar-refractivity contribution in [3.63, 3.8) is 0 Å². The van der Waals surface area contributed by atoms with E-state index in [2.05, 4.69) is 33.4 Å². The number of hydrogen-bond donors (Lipinski definition) is 0. The van der Waals surface area contributed by atoms with Crippen molar-refractivity contribution < 1.29 is 4.74 Å². The number of rotatable bonds is 6. The van der Waals surface area contributed by atoms with Crippen LogP contribution in [0.15, 0.2) is 36.1 Å².